The molecule has 0 aliphatic heterocycles. The SMILES string of the molecule is Cc1ccc2c(COC(=O)COc3ccc(Cl)cc3C)cc(=O)oc2c1. The summed E-state index contributed by atoms with van der Waals surface area (Å²) in [6, 6.07) is 12.0. The highest BCUT2D eigenvalue weighted by molar-refractivity contribution is 6.30. The second kappa shape index (κ2) is 7.62. The van der Waals surface area contributed by atoms with Crippen LogP contribution in [0.2, 0.25) is 5.02 Å². The molecule has 6 heteroatoms. The fourth-order valence-corrected chi connectivity index (χ4v) is 2.79. The molecule has 26 heavy (non-hydrogen) atoms. The van der Waals surface area contributed by atoms with Crippen LogP contribution in [0.1, 0.15) is 16.7 Å². The molecule has 0 saturated carbocycles. The fourth-order valence-electron chi connectivity index (χ4n) is 2.57. The maximum absolute atomic E-state index is 12.0. The normalized spacial score (nSPS) is 10.7. The topological polar surface area (TPSA) is 65.7 Å². The second-order valence-corrected chi connectivity index (χ2v) is 6.39. The third-order valence-corrected chi connectivity index (χ3v) is 4.09. The van der Waals surface area contributed by atoms with Gasteiger partial charge in [-0.15, -0.1) is 0 Å². The molecule has 0 atom stereocenters. The number of carbonyl (C=O) groups is 1. The summed E-state index contributed by atoms with van der Waals surface area (Å²) in [4.78, 5) is 23.7. The summed E-state index contributed by atoms with van der Waals surface area (Å²) in [5.74, 6) is 0.0282. The summed E-state index contributed by atoms with van der Waals surface area (Å²) in [5, 5.41) is 1.33. The van der Waals surface area contributed by atoms with Crippen LogP contribution in [-0.4, -0.2) is 12.6 Å². The number of fused-ring (bicyclic) bond motifs is 1. The van der Waals surface area contributed by atoms with Crippen molar-refractivity contribution in [2.24, 2.45) is 0 Å². The molecule has 1 aromatic heterocycles. The molecule has 2 aromatic carbocycles. The van der Waals surface area contributed by atoms with E-state index in [0.29, 0.717) is 21.9 Å². The summed E-state index contributed by atoms with van der Waals surface area (Å²) >= 11 is 5.89. The molecule has 3 rings (SSSR count). The zero-order valence-electron chi connectivity index (χ0n) is 14.4. The van der Waals surface area contributed by atoms with Gasteiger partial charge in [0.15, 0.2) is 6.61 Å². The number of hydrogen-bond donors (Lipinski definition) is 0. The molecule has 0 unspecified atom stereocenters. The largest absolute Gasteiger partial charge is 0.482 e. The van der Waals surface area contributed by atoms with Crippen LogP contribution in [-0.2, 0) is 16.1 Å². The number of ether oxygens (including phenoxy) is 2. The number of benzene rings is 2. The van der Waals surface area contributed by atoms with Gasteiger partial charge in [-0.25, -0.2) is 9.59 Å². The van der Waals surface area contributed by atoms with Gasteiger partial charge in [0, 0.05) is 22.0 Å². The third kappa shape index (κ3) is 4.24. The predicted molar refractivity (Wildman–Crippen MR) is 98.7 cm³/mol. The zero-order chi connectivity index (χ0) is 18.7. The van der Waals surface area contributed by atoms with Crippen LogP contribution < -0.4 is 10.4 Å². The lowest BCUT2D eigenvalue weighted by Gasteiger charge is -2.10. The van der Waals surface area contributed by atoms with Crippen molar-refractivity contribution in [3.8, 4) is 5.75 Å². The predicted octanol–water partition coefficient (Wildman–Crippen LogP) is 4.19. The minimum Gasteiger partial charge on any atom is -0.482 e. The molecule has 0 saturated heterocycles. The standard InChI is InChI=1S/C20H17ClO5/c1-12-3-5-16-14(9-19(22)26-18(16)7-12)10-25-20(23)11-24-17-6-4-15(21)8-13(17)2/h3-9H,10-11H2,1-2H3. The van der Waals surface area contributed by atoms with Gasteiger partial charge in [0.05, 0.1) is 0 Å². The van der Waals surface area contributed by atoms with E-state index in [1.54, 1.807) is 24.3 Å². The molecule has 0 aliphatic carbocycles. The van der Waals surface area contributed by atoms with Crippen LogP contribution in [0.3, 0.4) is 0 Å². The van der Waals surface area contributed by atoms with Crippen molar-refractivity contribution in [1.29, 1.82) is 0 Å². The van der Waals surface area contributed by atoms with Gasteiger partial charge >= 0.3 is 11.6 Å². The molecular formula is C20H17ClO5. The smallest absolute Gasteiger partial charge is 0.344 e. The molecule has 0 aliphatic rings. The van der Waals surface area contributed by atoms with Crippen molar-refractivity contribution in [3.63, 3.8) is 0 Å². The van der Waals surface area contributed by atoms with Crippen molar-refractivity contribution in [2.45, 2.75) is 20.5 Å². The van der Waals surface area contributed by atoms with Gasteiger partial charge in [0.2, 0.25) is 0 Å². The quantitative estimate of drug-likeness (QED) is 0.496. The third-order valence-electron chi connectivity index (χ3n) is 3.86. The first-order chi connectivity index (χ1) is 12.4. The Labute approximate surface area is 155 Å². The van der Waals surface area contributed by atoms with E-state index in [9.17, 15) is 9.59 Å². The molecule has 1 heterocycles. The van der Waals surface area contributed by atoms with Gasteiger partial charge in [-0.1, -0.05) is 23.7 Å². The molecule has 0 N–H and O–H groups in total. The maximum Gasteiger partial charge on any atom is 0.344 e. The Morgan fingerprint density at radius 3 is 2.69 bits per heavy atom. The van der Waals surface area contributed by atoms with Gasteiger partial charge in [0.25, 0.3) is 0 Å². The van der Waals surface area contributed by atoms with Gasteiger partial charge in [-0.3, -0.25) is 0 Å². The summed E-state index contributed by atoms with van der Waals surface area (Å²) in [7, 11) is 0. The van der Waals surface area contributed by atoms with Crippen molar-refractivity contribution in [1.82, 2.24) is 0 Å². The summed E-state index contributed by atoms with van der Waals surface area (Å²) < 4.78 is 15.9. The van der Waals surface area contributed by atoms with Crippen LogP contribution in [0.25, 0.3) is 11.0 Å². The van der Waals surface area contributed by atoms with E-state index >= 15 is 0 Å². The van der Waals surface area contributed by atoms with E-state index < -0.39 is 11.6 Å². The highest BCUT2D eigenvalue weighted by atomic mass is 35.5. The van der Waals surface area contributed by atoms with Gasteiger partial charge in [0.1, 0.15) is 17.9 Å². The monoisotopic (exact) mass is 372 g/mol. The Balaban J connectivity index is 1.66. The van der Waals surface area contributed by atoms with E-state index in [4.69, 9.17) is 25.5 Å². The van der Waals surface area contributed by atoms with Gasteiger partial charge < -0.3 is 13.9 Å². The highest BCUT2D eigenvalue weighted by Crippen LogP contribution is 2.22. The number of esters is 1. The summed E-state index contributed by atoms with van der Waals surface area (Å²) in [6.07, 6.45) is 0. The fraction of sp³-hybridized carbons (Fsp3) is 0.200. The lowest BCUT2D eigenvalue weighted by molar-refractivity contribution is -0.147. The molecule has 5 nitrogen and oxygen atoms in total. The average Bonchev–Trinajstić information content (AvgIpc) is 2.58. The first-order valence-electron chi connectivity index (χ1n) is 8.00. The van der Waals surface area contributed by atoms with Crippen molar-refractivity contribution in [2.75, 3.05) is 6.61 Å². The Hall–Kier alpha value is -2.79. The number of halogens is 1. The van der Waals surface area contributed by atoms with Crippen LogP contribution in [0.15, 0.2) is 51.7 Å². The van der Waals surface area contributed by atoms with E-state index in [1.807, 2.05) is 26.0 Å². The van der Waals surface area contributed by atoms with E-state index in [2.05, 4.69) is 0 Å². The number of hydrogen-bond acceptors (Lipinski definition) is 5. The Morgan fingerprint density at radius 2 is 1.92 bits per heavy atom. The van der Waals surface area contributed by atoms with Crippen LogP contribution in [0, 0.1) is 13.8 Å². The van der Waals surface area contributed by atoms with Crippen LogP contribution >= 0.6 is 11.6 Å². The lowest BCUT2D eigenvalue weighted by atomic mass is 10.1. The van der Waals surface area contributed by atoms with Crippen molar-refractivity contribution >= 4 is 28.5 Å². The first kappa shape index (κ1) is 18.0. The second-order valence-electron chi connectivity index (χ2n) is 5.95. The number of carbonyl (C=O) groups excluding carboxylic acids is 1. The Kier molecular flexibility index (Phi) is 5.28. The van der Waals surface area contributed by atoms with Gasteiger partial charge in [-0.05, 0) is 49.2 Å². The number of aryl methyl sites for hydroxylation is 2. The highest BCUT2D eigenvalue weighted by Gasteiger charge is 2.10. The van der Waals surface area contributed by atoms with Crippen molar-refractivity contribution < 1.29 is 18.7 Å². The minimum absolute atomic E-state index is 0.0348. The molecule has 0 amide bonds. The molecule has 0 spiro atoms. The van der Waals surface area contributed by atoms with E-state index in [1.165, 1.54) is 6.07 Å². The molecule has 0 radical (unpaired) electrons. The molecule has 3 aromatic rings. The maximum atomic E-state index is 12.0. The summed E-state index contributed by atoms with van der Waals surface area (Å²) in [5.41, 5.74) is 2.37. The zero-order valence-corrected chi connectivity index (χ0v) is 15.1. The van der Waals surface area contributed by atoms with E-state index in [0.717, 1.165) is 16.5 Å². The van der Waals surface area contributed by atoms with E-state index in [-0.39, 0.29) is 13.2 Å². The average molecular weight is 373 g/mol. The molecular weight excluding hydrogens is 356 g/mol. The summed E-state index contributed by atoms with van der Waals surface area (Å²) in [6.45, 7) is 3.47. The minimum atomic E-state index is -0.534. The number of rotatable bonds is 5. The van der Waals surface area contributed by atoms with Crippen molar-refractivity contribution in [3.05, 3.63) is 74.6 Å². The Morgan fingerprint density at radius 1 is 1.12 bits per heavy atom. The lowest BCUT2D eigenvalue weighted by Crippen LogP contribution is -2.15. The molecule has 0 fully saturated rings. The first-order valence-corrected chi connectivity index (χ1v) is 8.38. The Bertz CT molecular complexity index is 1020. The van der Waals surface area contributed by atoms with Crippen LogP contribution in [0.4, 0.5) is 0 Å². The molecule has 0 bridgehead atoms. The van der Waals surface area contributed by atoms with Crippen LogP contribution in [0.5, 0.6) is 5.75 Å². The van der Waals surface area contributed by atoms with Gasteiger partial charge in [-0.2, -0.15) is 0 Å². The molecule has 134 valence electrons.